The number of nitro groups is 1. The Balaban J connectivity index is 1.60. The summed E-state index contributed by atoms with van der Waals surface area (Å²) in [4.78, 5) is 34.6. The summed E-state index contributed by atoms with van der Waals surface area (Å²) in [6, 6.07) is 2.64. The molecule has 3 rings (SSSR count). The number of anilines is 1. The number of hydrogen-bond acceptors (Lipinski definition) is 10. The van der Waals surface area contributed by atoms with Crippen molar-refractivity contribution in [1.82, 2.24) is 15.6 Å². The predicted octanol–water partition coefficient (Wildman–Crippen LogP) is 1.85. The molecular formula is C17H18N6O6S. The monoisotopic (exact) mass is 434 g/mol. The molecule has 1 aliphatic rings. The van der Waals surface area contributed by atoms with Crippen LogP contribution in [-0.2, 0) is 16.0 Å². The Morgan fingerprint density at radius 1 is 1.30 bits per heavy atom. The molecule has 2 aromatic rings. The standard InChI is InChI=1S/C17H18N6O6S/c1-17(2,3)15(25)19-16-22-21-14(30-16)6-13(24)20-18-7-9-4-11-12(29-8-28-11)5-10(9)23(26)27/h4-5,7H,6,8H2,1-3H3,(H,20,24)(H,19,22,25)/b18-7+. The molecule has 0 saturated heterocycles. The summed E-state index contributed by atoms with van der Waals surface area (Å²) in [6.07, 6.45) is 1.02. The van der Waals surface area contributed by atoms with Gasteiger partial charge in [0.15, 0.2) is 11.5 Å². The number of fused-ring (bicyclic) bond motifs is 1. The van der Waals surface area contributed by atoms with Gasteiger partial charge in [-0.1, -0.05) is 32.1 Å². The van der Waals surface area contributed by atoms with Crippen LogP contribution in [0.15, 0.2) is 17.2 Å². The fourth-order valence-electron chi connectivity index (χ4n) is 2.22. The quantitative estimate of drug-likeness (QED) is 0.396. The van der Waals surface area contributed by atoms with Gasteiger partial charge < -0.3 is 14.8 Å². The van der Waals surface area contributed by atoms with E-state index in [4.69, 9.17) is 9.47 Å². The minimum absolute atomic E-state index is 0.0239. The SMILES string of the molecule is CC(C)(C)C(=O)Nc1nnc(CC(=O)N/N=C/c2cc3c(cc2[N+](=O)[O-])OCO3)s1. The lowest BCUT2D eigenvalue weighted by Gasteiger charge is -2.15. The van der Waals surface area contributed by atoms with Crippen LogP contribution < -0.4 is 20.2 Å². The minimum Gasteiger partial charge on any atom is -0.454 e. The van der Waals surface area contributed by atoms with Gasteiger partial charge in [0.1, 0.15) is 5.01 Å². The van der Waals surface area contributed by atoms with Crippen molar-refractivity contribution in [3.8, 4) is 11.5 Å². The summed E-state index contributed by atoms with van der Waals surface area (Å²) in [5.41, 5.74) is 1.60. The first-order valence-electron chi connectivity index (χ1n) is 8.67. The molecule has 2 heterocycles. The number of amides is 2. The highest BCUT2D eigenvalue weighted by molar-refractivity contribution is 7.15. The van der Waals surface area contributed by atoms with E-state index in [0.717, 1.165) is 17.6 Å². The van der Waals surface area contributed by atoms with Gasteiger partial charge in [0.25, 0.3) is 5.69 Å². The number of aromatic nitrogens is 2. The third kappa shape index (κ3) is 5.05. The van der Waals surface area contributed by atoms with Crippen molar-refractivity contribution >= 4 is 40.2 Å². The Morgan fingerprint density at radius 3 is 2.67 bits per heavy atom. The highest BCUT2D eigenvalue weighted by Gasteiger charge is 2.23. The number of nitrogens with one attached hydrogen (secondary N) is 2. The first kappa shape index (κ1) is 21.1. The van der Waals surface area contributed by atoms with E-state index in [2.05, 4.69) is 26.0 Å². The van der Waals surface area contributed by atoms with Crippen LogP contribution in [0.3, 0.4) is 0 Å². The second-order valence-electron chi connectivity index (χ2n) is 7.20. The molecule has 158 valence electrons. The molecule has 0 spiro atoms. The number of hydrazone groups is 1. The first-order chi connectivity index (χ1) is 14.1. The van der Waals surface area contributed by atoms with E-state index in [9.17, 15) is 19.7 Å². The maximum Gasteiger partial charge on any atom is 0.282 e. The fraction of sp³-hybridized carbons (Fsp3) is 0.353. The Kier molecular flexibility index (Phi) is 5.91. The predicted molar refractivity (Wildman–Crippen MR) is 107 cm³/mol. The van der Waals surface area contributed by atoms with Crippen molar-refractivity contribution in [3.05, 3.63) is 32.8 Å². The molecule has 0 unspecified atom stereocenters. The second kappa shape index (κ2) is 8.41. The van der Waals surface area contributed by atoms with E-state index in [0.29, 0.717) is 10.8 Å². The largest absolute Gasteiger partial charge is 0.454 e. The summed E-state index contributed by atoms with van der Waals surface area (Å²) < 4.78 is 10.3. The summed E-state index contributed by atoms with van der Waals surface area (Å²) in [5.74, 6) is -0.0929. The van der Waals surface area contributed by atoms with Crippen molar-refractivity contribution < 1.29 is 24.0 Å². The van der Waals surface area contributed by atoms with Crippen LogP contribution in [0.1, 0.15) is 31.3 Å². The molecule has 0 radical (unpaired) electrons. The van der Waals surface area contributed by atoms with Gasteiger partial charge in [0.2, 0.25) is 23.7 Å². The van der Waals surface area contributed by atoms with Gasteiger partial charge in [-0.3, -0.25) is 19.7 Å². The van der Waals surface area contributed by atoms with Crippen molar-refractivity contribution in [2.75, 3.05) is 12.1 Å². The van der Waals surface area contributed by atoms with Crippen LogP contribution in [0.25, 0.3) is 0 Å². The molecule has 0 atom stereocenters. The van der Waals surface area contributed by atoms with Gasteiger partial charge in [-0.2, -0.15) is 5.10 Å². The van der Waals surface area contributed by atoms with E-state index in [1.165, 1.54) is 12.1 Å². The molecular weight excluding hydrogens is 416 g/mol. The molecule has 0 bridgehead atoms. The molecule has 1 aromatic heterocycles. The molecule has 2 amide bonds. The van der Waals surface area contributed by atoms with Crippen LogP contribution in [0.2, 0.25) is 0 Å². The summed E-state index contributed by atoms with van der Waals surface area (Å²) in [6.45, 7) is 5.27. The van der Waals surface area contributed by atoms with Gasteiger partial charge in [-0.15, -0.1) is 10.2 Å². The third-order valence-electron chi connectivity index (χ3n) is 3.79. The Bertz CT molecular complexity index is 1030. The minimum atomic E-state index is -0.588. The number of carbonyl (C=O) groups is 2. The zero-order valence-corrected chi connectivity index (χ0v) is 17.1. The zero-order chi connectivity index (χ0) is 21.9. The van der Waals surface area contributed by atoms with Crippen LogP contribution in [0.4, 0.5) is 10.8 Å². The Labute approximate surface area is 174 Å². The van der Waals surface area contributed by atoms with Crippen LogP contribution >= 0.6 is 11.3 Å². The average Bonchev–Trinajstić information content (AvgIpc) is 3.28. The maximum atomic E-state index is 12.0. The van der Waals surface area contributed by atoms with E-state index < -0.39 is 16.2 Å². The number of ether oxygens (including phenoxy) is 2. The highest BCUT2D eigenvalue weighted by Crippen LogP contribution is 2.37. The molecule has 13 heteroatoms. The van der Waals surface area contributed by atoms with Crippen LogP contribution in [0, 0.1) is 15.5 Å². The fourth-order valence-corrected chi connectivity index (χ4v) is 2.95. The number of benzene rings is 1. The van der Waals surface area contributed by atoms with E-state index in [-0.39, 0.29) is 41.3 Å². The lowest BCUT2D eigenvalue weighted by Crippen LogP contribution is -2.27. The molecule has 1 aliphatic heterocycles. The molecule has 0 aliphatic carbocycles. The molecule has 0 saturated carbocycles. The lowest BCUT2D eigenvalue weighted by atomic mass is 9.96. The van der Waals surface area contributed by atoms with E-state index in [1.54, 1.807) is 20.8 Å². The number of hydrogen-bond donors (Lipinski definition) is 2. The maximum absolute atomic E-state index is 12.0. The Hall–Kier alpha value is -3.61. The second-order valence-corrected chi connectivity index (χ2v) is 8.26. The summed E-state index contributed by atoms with van der Waals surface area (Å²) >= 11 is 1.07. The van der Waals surface area contributed by atoms with E-state index >= 15 is 0 Å². The Morgan fingerprint density at radius 2 is 2.00 bits per heavy atom. The molecule has 12 nitrogen and oxygen atoms in total. The van der Waals surface area contributed by atoms with Gasteiger partial charge in [-0.05, 0) is 6.07 Å². The number of rotatable bonds is 6. The van der Waals surface area contributed by atoms with E-state index in [1.807, 2.05) is 0 Å². The molecule has 2 N–H and O–H groups in total. The van der Waals surface area contributed by atoms with Crippen LogP contribution in [-0.4, -0.2) is 39.9 Å². The molecule has 30 heavy (non-hydrogen) atoms. The number of nitro benzene ring substituents is 1. The average molecular weight is 434 g/mol. The number of nitrogens with zero attached hydrogens (tertiary/aromatic N) is 4. The van der Waals surface area contributed by atoms with Crippen molar-refractivity contribution in [2.45, 2.75) is 27.2 Å². The van der Waals surface area contributed by atoms with Gasteiger partial charge in [-0.25, -0.2) is 5.43 Å². The van der Waals surface area contributed by atoms with Gasteiger partial charge in [0.05, 0.1) is 29.2 Å². The van der Waals surface area contributed by atoms with Crippen molar-refractivity contribution in [3.63, 3.8) is 0 Å². The highest BCUT2D eigenvalue weighted by atomic mass is 32.1. The number of carbonyl (C=O) groups excluding carboxylic acids is 2. The van der Waals surface area contributed by atoms with Gasteiger partial charge in [0, 0.05) is 5.41 Å². The summed E-state index contributed by atoms with van der Waals surface area (Å²) in [7, 11) is 0. The van der Waals surface area contributed by atoms with Crippen molar-refractivity contribution in [1.29, 1.82) is 0 Å². The third-order valence-corrected chi connectivity index (χ3v) is 4.63. The smallest absolute Gasteiger partial charge is 0.282 e. The lowest BCUT2D eigenvalue weighted by molar-refractivity contribution is -0.385. The zero-order valence-electron chi connectivity index (χ0n) is 16.3. The first-order valence-corrected chi connectivity index (χ1v) is 9.49. The van der Waals surface area contributed by atoms with Crippen LogP contribution in [0.5, 0.6) is 11.5 Å². The normalized spacial score (nSPS) is 12.8. The summed E-state index contributed by atoms with van der Waals surface area (Å²) in [5, 5.41) is 26.0. The van der Waals surface area contributed by atoms with Crippen molar-refractivity contribution in [2.24, 2.45) is 10.5 Å². The molecule has 1 aromatic carbocycles. The van der Waals surface area contributed by atoms with Gasteiger partial charge >= 0.3 is 0 Å². The topological polar surface area (TPSA) is 158 Å². The molecule has 0 fully saturated rings.